The predicted molar refractivity (Wildman–Crippen MR) is 76.6 cm³/mol. The number of esters is 1. The molecule has 21 heavy (non-hydrogen) atoms. The van der Waals surface area contributed by atoms with Gasteiger partial charge < -0.3 is 15.4 Å². The van der Waals surface area contributed by atoms with Crippen LogP contribution in [0.5, 0.6) is 0 Å². The first kappa shape index (κ1) is 16.4. The molecule has 1 heterocycles. The van der Waals surface area contributed by atoms with Crippen molar-refractivity contribution in [2.45, 2.75) is 30.5 Å². The number of carbonyl (C=O) groups excluding carboxylic acids is 3. The molecular weight excluding hydrogens is 319 g/mol. The van der Waals surface area contributed by atoms with E-state index in [0.29, 0.717) is 32.4 Å². The Morgan fingerprint density at radius 3 is 2.24 bits per heavy atom. The Kier molecular flexibility index (Phi) is 4.40. The van der Waals surface area contributed by atoms with E-state index in [1.54, 1.807) is 11.8 Å². The molecule has 1 aliphatic carbocycles. The highest BCUT2D eigenvalue weighted by Crippen LogP contribution is 2.64. The number of rotatable bonds is 4. The van der Waals surface area contributed by atoms with Gasteiger partial charge in [-0.2, -0.15) is 0 Å². The van der Waals surface area contributed by atoms with Gasteiger partial charge in [-0.3, -0.25) is 14.4 Å². The molecule has 2 fully saturated rings. The highest BCUT2D eigenvalue weighted by Gasteiger charge is 2.69. The van der Waals surface area contributed by atoms with Crippen molar-refractivity contribution in [3.05, 3.63) is 0 Å². The summed E-state index contributed by atoms with van der Waals surface area (Å²) < 4.78 is 3.90. The van der Waals surface area contributed by atoms with Gasteiger partial charge in [0.15, 0.2) is 6.61 Å². The Balaban J connectivity index is 1.76. The van der Waals surface area contributed by atoms with Gasteiger partial charge in [0.25, 0.3) is 5.91 Å². The van der Waals surface area contributed by atoms with E-state index in [4.69, 9.17) is 33.7 Å². The number of carbonyl (C=O) groups is 3. The number of ether oxygens (including phenoxy) is 1. The van der Waals surface area contributed by atoms with Gasteiger partial charge in [-0.1, -0.05) is 0 Å². The minimum atomic E-state index is -1.10. The average Bonchev–Trinajstić information content (AvgIpc) is 2.96. The van der Waals surface area contributed by atoms with E-state index in [0.717, 1.165) is 0 Å². The molecule has 0 unspecified atom stereocenters. The summed E-state index contributed by atoms with van der Waals surface area (Å²) in [6.07, 6.45) is 1.40. The first-order valence-corrected chi connectivity index (χ1v) is 7.55. The molecule has 1 aliphatic heterocycles. The quantitative estimate of drug-likeness (QED) is 0.608. The van der Waals surface area contributed by atoms with Gasteiger partial charge in [-0.15, -0.1) is 23.2 Å². The van der Waals surface area contributed by atoms with Crippen molar-refractivity contribution in [1.29, 1.82) is 0 Å². The minimum Gasteiger partial charge on any atom is -0.455 e. The molecule has 2 amide bonds. The molecule has 2 rings (SSSR count). The highest BCUT2D eigenvalue weighted by atomic mass is 35.5. The zero-order valence-corrected chi connectivity index (χ0v) is 13.2. The van der Waals surface area contributed by atoms with E-state index in [9.17, 15) is 14.4 Å². The van der Waals surface area contributed by atoms with Crippen molar-refractivity contribution in [2.24, 2.45) is 17.1 Å². The summed E-state index contributed by atoms with van der Waals surface area (Å²) in [5.41, 5.74) is 4.30. The molecule has 2 aliphatic rings. The molecule has 2 N–H and O–H groups in total. The summed E-state index contributed by atoms with van der Waals surface area (Å²) >= 11 is 11.8. The Labute approximate surface area is 132 Å². The van der Waals surface area contributed by atoms with E-state index in [2.05, 4.69) is 0 Å². The second-order valence-corrected chi connectivity index (χ2v) is 7.33. The zero-order valence-electron chi connectivity index (χ0n) is 11.7. The summed E-state index contributed by atoms with van der Waals surface area (Å²) in [6.45, 7) is 2.16. The molecule has 0 aromatic heterocycles. The molecule has 0 aromatic rings. The zero-order chi connectivity index (χ0) is 15.8. The molecule has 0 spiro atoms. The van der Waals surface area contributed by atoms with Crippen LogP contribution in [0.3, 0.4) is 0 Å². The second-order valence-electron chi connectivity index (χ2n) is 5.85. The molecule has 0 bridgehead atoms. The van der Waals surface area contributed by atoms with Crippen LogP contribution in [0.15, 0.2) is 0 Å². The summed E-state index contributed by atoms with van der Waals surface area (Å²) in [5.74, 6) is -1.37. The molecule has 1 saturated carbocycles. The third-order valence-corrected chi connectivity index (χ3v) is 5.39. The second kappa shape index (κ2) is 5.65. The van der Waals surface area contributed by atoms with Crippen molar-refractivity contribution < 1.29 is 19.1 Å². The number of hydrogen-bond donors (Lipinski definition) is 1. The van der Waals surface area contributed by atoms with Gasteiger partial charge in [0.1, 0.15) is 9.75 Å². The lowest BCUT2D eigenvalue weighted by Gasteiger charge is -2.30. The topological polar surface area (TPSA) is 89.7 Å². The van der Waals surface area contributed by atoms with Crippen LogP contribution in [0.4, 0.5) is 0 Å². The van der Waals surface area contributed by atoms with E-state index >= 15 is 0 Å². The van der Waals surface area contributed by atoms with Crippen molar-refractivity contribution >= 4 is 41.0 Å². The van der Waals surface area contributed by atoms with E-state index in [1.165, 1.54) is 0 Å². The Morgan fingerprint density at radius 2 is 1.81 bits per heavy atom. The number of halogens is 2. The molecule has 1 atom stereocenters. The van der Waals surface area contributed by atoms with Crippen LogP contribution in [0.2, 0.25) is 0 Å². The van der Waals surface area contributed by atoms with Crippen LogP contribution in [-0.4, -0.2) is 46.7 Å². The first-order valence-electron chi connectivity index (χ1n) is 6.79. The first-order chi connectivity index (χ1) is 9.67. The molecule has 8 heteroatoms. The monoisotopic (exact) mass is 336 g/mol. The van der Waals surface area contributed by atoms with Gasteiger partial charge in [-0.25, -0.2) is 0 Å². The fourth-order valence-electron chi connectivity index (χ4n) is 2.41. The lowest BCUT2D eigenvalue weighted by molar-refractivity contribution is -0.156. The molecular formula is C13H18Cl2N2O4. The van der Waals surface area contributed by atoms with Gasteiger partial charge in [-0.05, 0) is 19.8 Å². The number of hydrogen-bond acceptors (Lipinski definition) is 4. The summed E-state index contributed by atoms with van der Waals surface area (Å²) in [6, 6.07) is 0. The van der Waals surface area contributed by atoms with Crippen molar-refractivity contribution in [2.75, 3.05) is 19.7 Å². The maximum absolute atomic E-state index is 12.0. The number of primary amides is 1. The Morgan fingerprint density at radius 1 is 1.29 bits per heavy atom. The van der Waals surface area contributed by atoms with Gasteiger partial charge in [0.2, 0.25) is 5.91 Å². The van der Waals surface area contributed by atoms with E-state index in [1.807, 2.05) is 0 Å². The number of likely N-dealkylation sites (tertiary alicyclic amines) is 1. The lowest BCUT2D eigenvalue weighted by Crippen LogP contribution is -2.43. The van der Waals surface area contributed by atoms with Crippen LogP contribution >= 0.6 is 23.2 Å². The summed E-state index contributed by atoms with van der Waals surface area (Å²) in [7, 11) is 0. The SMILES string of the molecule is C[C@@]1(C(=O)OCC(=O)N2CCC(C(N)=O)CC2)CC1(Cl)Cl. The smallest absolute Gasteiger partial charge is 0.315 e. The molecule has 0 aromatic carbocycles. The number of amides is 2. The maximum Gasteiger partial charge on any atom is 0.315 e. The van der Waals surface area contributed by atoms with Crippen molar-refractivity contribution in [3.63, 3.8) is 0 Å². The highest BCUT2D eigenvalue weighted by molar-refractivity contribution is 6.53. The molecule has 6 nitrogen and oxygen atoms in total. The molecule has 0 radical (unpaired) electrons. The standard InChI is InChI=1S/C13H18Cl2N2O4/c1-12(7-13(12,14)15)11(20)21-6-9(18)17-4-2-8(3-5-17)10(16)19/h8H,2-7H2,1H3,(H2,16,19)/t12-/m0/s1. The largest absolute Gasteiger partial charge is 0.455 e. The Bertz CT molecular complexity index is 475. The normalized spacial score (nSPS) is 28.0. The molecule has 118 valence electrons. The number of piperidine rings is 1. The third-order valence-electron chi connectivity index (χ3n) is 4.29. The fraction of sp³-hybridized carbons (Fsp3) is 0.769. The molecule has 1 saturated heterocycles. The number of alkyl halides is 2. The predicted octanol–water partition coefficient (Wildman–Crippen LogP) is 0.837. The Hall–Kier alpha value is -1.01. The number of nitrogens with zero attached hydrogens (tertiary/aromatic N) is 1. The van der Waals surface area contributed by atoms with E-state index < -0.39 is 15.7 Å². The summed E-state index contributed by atoms with van der Waals surface area (Å²) in [5, 5.41) is 0. The van der Waals surface area contributed by atoms with Crippen LogP contribution in [-0.2, 0) is 19.1 Å². The maximum atomic E-state index is 12.0. The third kappa shape index (κ3) is 3.26. The fourth-order valence-corrected chi connectivity index (χ4v) is 3.10. The lowest BCUT2D eigenvalue weighted by atomic mass is 9.96. The van der Waals surface area contributed by atoms with Crippen molar-refractivity contribution in [3.8, 4) is 0 Å². The van der Waals surface area contributed by atoms with Crippen LogP contribution in [0, 0.1) is 11.3 Å². The average molecular weight is 337 g/mol. The van der Waals surface area contributed by atoms with Crippen LogP contribution in [0.1, 0.15) is 26.2 Å². The summed E-state index contributed by atoms with van der Waals surface area (Å²) in [4.78, 5) is 36.4. The van der Waals surface area contributed by atoms with Crippen molar-refractivity contribution in [1.82, 2.24) is 4.90 Å². The van der Waals surface area contributed by atoms with Gasteiger partial charge >= 0.3 is 5.97 Å². The van der Waals surface area contributed by atoms with Gasteiger partial charge in [0, 0.05) is 25.4 Å². The minimum absolute atomic E-state index is 0.185. The number of nitrogens with two attached hydrogens (primary N) is 1. The van der Waals surface area contributed by atoms with Gasteiger partial charge in [0.05, 0.1) is 0 Å². The van der Waals surface area contributed by atoms with Crippen LogP contribution < -0.4 is 5.73 Å². The van der Waals surface area contributed by atoms with E-state index in [-0.39, 0.29) is 24.3 Å². The van der Waals surface area contributed by atoms with Crippen LogP contribution in [0.25, 0.3) is 0 Å².